The number of hydrogen-bond acceptors (Lipinski definition) is 4. The maximum atomic E-state index is 12.9. The van der Waals surface area contributed by atoms with E-state index in [0.717, 1.165) is 16.9 Å². The molecule has 0 aliphatic carbocycles. The van der Waals surface area contributed by atoms with Crippen LogP contribution in [-0.2, 0) is 17.9 Å². The largest absolute Gasteiger partial charge is 0.497 e. The molecule has 6 heteroatoms. The zero-order valence-electron chi connectivity index (χ0n) is 17.0. The highest BCUT2D eigenvalue weighted by Crippen LogP contribution is 2.17. The highest BCUT2D eigenvalue weighted by molar-refractivity contribution is 6.01. The van der Waals surface area contributed by atoms with Crippen molar-refractivity contribution in [2.45, 2.75) is 13.2 Å². The molecular weight excluding hydrogens is 395 g/mol. The lowest BCUT2D eigenvalue weighted by Crippen LogP contribution is -2.23. The lowest BCUT2D eigenvalue weighted by molar-refractivity contribution is -0.117. The summed E-state index contributed by atoms with van der Waals surface area (Å²) in [6, 6.07) is 22.4. The predicted molar refractivity (Wildman–Crippen MR) is 116 cm³/mol. The molecule has 0 spiro atoms. The molecule has 0 heterocycles. The minimum absolute atomic E-state index is 0.00786. The lowest BCUT2D eigenvalue weighted by atomic mass is 10.1. The van der Waals surface area contributed by atoms with Gasteiger partial charge in [0.1, 0.15) is 35.6 Å². The average Bonchev–Trinajstić information content (AvgIpc) is 2.81. The Bertz CT molecular complexity index is 1080. The molecule has 3 aromatic rings. The first kappa shape index (κ1) is 21.6. The first-order chi connectivity index (χ1) is 15.1. The van der Waals surface area contributed by atoms with Crippen LogP contribution >= 0.6 is 0 Å². The van der Waals surface area contributed by atoms with Crippen molar-refractivity contribution in [3.63, 3.8) is 0 Å². The van der Waals surface area contributed by atoms with Gasteiger partial charge in [0, 0.05) is 6.54 Å². The quantitative estimate of drug-likeness (QED) is 0.429. The Labute approximate surface area is 180 Å². The molecule has 0 aromatic heterocycles. The van der Waals surface area contributed by atoms with Gasteiger partial charge in [0.25, 0.3) is 5.91 Å². The number of rotatable bonds is 8. The molecule has 3 rings (SSSR count). The summed E-state index contributed by atoms with van der Waals surface area (Å²) >= 11 is 0. The number of benzene rings is 3. The Morgan fingerprint density at radius 2 is 1.58 bits per heavy atom. The van der Waals surface area contributed by atoms with Crippen LogP contribution in [0.4, 0.5) is 4.39 Å². The molecule has 0 saturated heterocycles. The van der Waals surface area contributed by atoms with Crippen LogP contribution in [0.1, 0.15) is 16.7 Å². The Kier molecular flexibility index (Phi) is 7.39. The maximum absolute atomic E-state index is 12.9. The van der Waals surface area contributed by atoms with Crippen molar-refractivity contribution < 1.29 is 18.7 Å². The van der Waals surface area contributed by atoms with Gasteiger partial charge in [-0.05, 0) is 59.2 Å². The van der Waals surface area contributed by atoms with Gasteiger partial charge in [-0.1, -0.05) is 36.4 Å². The van der Waals surface area contributed by atoms with Gasteiger partial charge in [-0.2, -0.15) is 5.26 Å². The van der Waals surface area contributed by atoms with Crippen molar-refractivity contribution >= 4 is 12.0 Å². The summed E-state index contributed by atoms with van der Waals surface area (Å²) in [5.41, 5.74) is 2.46. The third-order valence-electron chi connectivity index (χ3n) is 4.49. The number of carbonyl (C=O) groups is 1. The van der Waals surface area contributed by atoms with E-state index in [2.05, 4.69) is 5.32 Å². The molecule has 0 fully saturated rings. The first-order valence-corrected chi connectivity index (χ1v) is 9.57. The second-order valence-electron chi connectivity index (χ2n) is 6.68. The molecule has 0 aliphatic heterocycles. The third-order valence-corrected chi connectivity index (χ3v) is 4.49. The third kappa shape index (κ3) is 6.44. The zero-order valence-corrected chi connectivity index (χ0v) is 17.0. The number of amides is 1. The Morgan fingerprint density at radius 1 is 0.968 bits per heavy atom. The van der Waals surface area contributed by atoms with Gasteiger partial charge < -0.3 is 14.8 Å². The minimum Gasteiger partial charge on any atom is -0.497 e. The summed E-state index contributed by atoms with van der Waals surface area (Å²) in [6.45, 7) is 0.616. The fourth-order valence-corrected chi connectivity index (χ4v) is 2.74. The molecule has 5 nitrogen and oxygen atoms in total. The average molecular weight is 416 g/mol. The molecule has 0 unspecified atom stereocenters. The molecule has 3 aromatic carbocycles. The minimum atomic E-state index is -0.449. The second-order valence-corrected chi connectivity index (χ2v) is 6.68. The number of nitriles is 1. The van der Waals surface area contributed by atoms with E-state index < -0.39 is 5.91 Å². The van der Waals surface area contributed by atoms with E-state index >= 15 is 0 Å². The van der Waals surface area contributed by atoms with Crippen LogP contribution in [-0.4, -0.2) is 13.0 Å². The molecule has 0 saturated carbocycles. The van der Waals surface area contributed by atoms with Crippen LogP contribution in [0.2, 0.25) is 0 Å². The SMILES string of the molecule is COc1ccc(CNC(=O)/C(C#N)=C/c2ccc(OCc3ccc(F)cc3)cc2)cc1. The monoisotopic (exact) mass is 416 g/mol. The predicted octanol–water partition coefficient (Wildman–Crippen LogP) is 4.64. The Balaban J connectivity index is 1.57. The Hall–Kier alpha value is -4.11. The molecular formula is C25H21FN2O3. The molecule has 0 atom stereocenters. The van der Waals surface area contributed by atoms with E-state index in [-0.39, 0.29) is 11.4 Å². The van der Waals surface area contributed by atoms with Crippen LogP contribution in [0.3, 0.4) is 0 Å². The van der Waals surface area contributed by atoms with Gasteiger partial charge in [0.15, 0.2) is 0 Å². The highest BCUT2D eigenvalue weighted by Gasteiger charge is 2.09. The number of ether oxygens (including phenoxy) is 2. The van der Waals surface area contributed by atoms with Gasteiger partial charge in [0.05, 0.1) is 7.11 Å². The van der Waals surface area contributed by atoms with E-state index in [1.165, 1.54) is 18.2 Å². The lowest BCUT2D eigenvalue weighted by Gasteiger charge is -2.07. The number of carbonyl (C=O) groups excluding carboxylic acids is 1. The van der Waals surface area contributed by atoms with Crippen LogP contribution in [0.15, 0.2) is 78.4 Å². The van der Waals surface area contributed by atoms with Gasteiger partial charge in [-0.3, -0.25) is 4.79 Å². The van der Waals surface area contributed by atoms with Crippen molar-refractivity contribution in [3.05, 3.63) is 101 Å². The molecule has 1 N–H and O–H groups in total. The molecule has 156 valence electrons. The number of methoxy groups -OCH3 is 1. The summed E-state index contributed by atoms with van der Waals surface area (Å²) < 4.78 is 23.7. The number of hydrogen-bond donors (Lipinski definition) is 1. The summed E-state index contributed by atoms with van der Waals surface area (Å²) in [7, 11) is 1.59. The fourth-order valence-electron chi connectivity index (χ4n) is 2.74. The van der Waals surface area contributed by atoms with Gasteiger partial charge in [-0.15, -0.1) is 0 Å². The van der Waals surface area contributed by atoms with Gasteiger partial charge in [0.2, 0.25) is 0 Å². The number of nitrogens with one attached hydrogen (secondary N) is 1. The number of nitrogens with zero attached hydrogens (tertiary/aromatic N) is 1. The van der Waals surface area contributed by atoms with Crippen molar-refractivity contribution in [1.29, 1.82) is 5.26 Å². The summed E-state index contributed by atoms with van der Waals surface area (Å²) in [5.74, 6) is 0.623. The van der Waals surface area contributed by atoms with Crippen molar-refractivity contribution in [2.75, 3.05) is 7.11 Å². The van der Waals surface area contributed by atoms with E-state index in [0.29, 0.717) is 24.5 Å². The summed E-state index contributed by atoms with van der Waals surface area (Å²) in [6.07, 6.45) is 1.52. The highest BCUT2D eigenvalue weighted by atomic mass is 19.1. The summed E-state index contributed by atoms with van der Waals surface area (Å²) in [5, 5.41) is 12.1. The van der Waals surface area contributed by atoms with E-state index in [1.807, 2.05) is 30.3 Å². The number of halogens is 1. The van der Waals surface area contributed by atoms with Crippen LogP contribution in [0.25, 0.3) is 6.08 Å². The van der Waals surface area contributed by atoms with Crippen molar-refractivity contribution in [3.8, 4) is 17.6 Å². The molecule has 31 heavy (non-hydrogen) atoms. The second kappa shape index (κ2) is 10.6. The fraction of sp³-hybridized carbons (Fsp3) is 0.120. The van der Waals surface area contributed by atoms with Crippen molar-refractivity contribution in [1.82, 2.24) is 5.32 Å². The molecule has 0 bridgehead atoms. The van der Waals surface area contributed by atoms with Gasteiger partial charge in [-0.25, -0.2) is 4.39 Å². The van der Waals surface area contributed by atoms with Crippen LogP contribution < -0.4 is 14.8 Å². The van der Waals surface area contributed by atoms with Crippen LogP contribution in [0, 0.1) is 17.1 Å². The standard InChI is InChI=1S/C25H21FN2O3/c1-30-23-10-6-19(7-11-23)16-28-25(29)21(15-27)14-18-4-12-24(13-5-18)31-17-20-2-8-22(26)9-3-20/h2-14H,16-17H2,1H3,(H,28,29)/b21-14+. The van der Waals surface area contributed by atoms with E-state index in [9.17, 15) is 14.4 Å². The normalized spacial score (nSPS) is 10.8. The van der Waals surface area contributed by atoms with Crippen LogP contribution in [0.5, 0.6) is 11.5 Å². The van der Waals surface area contributed by atoms with Crippen molar-refractivity contribution in [2.24, 2.45) is 0 Å². The molecule has 1 amide bonds. The smallest absolute Gasteiger partial charge is 0.262 e. The Morgan fingerprint density at radius 3 is 2.19 bits per heavy atom. The first-order valence-electron chi connectivity index (χ1n) is 9.57. The van der Waals surface area contributed by atoms with Gasteiger partial charge >= 0.3 is 0 Å². The zero-order chi connectivity index (χ0) is 22.1. The topological polar surface area (TPSA) is 71.3 Å². The maximum Gasteiger partial charge on any atom is 0.262 e. The summed E-state index contributed by atoms with van der Waals surface area (Å²) in [4.78, 5) is 12.3. The molecule has 0 radical (unpaired) electrons. The molecule has 0 aliphatic rings. The van der Waals surface area contributed by atoms with E-state index in [1.54, 1.807) is 43.5 Å². The van der Waals surface area contributed by atoms with E-state index in [4.69, 9.17) is 9.47 Å².